The second-order valence-corrected chi connectivity index (χ2v) is 5.51. The number of β-amino-alcohol motifs (C(OH)–C–C–N with tert-alkyl or cyclic N) is 1. The normalized spacial score (nSPS) is 22.1. The van der Waals surface area contributed by atoms with E-state index in [1.807, 2.05) is 18.2 Å². The third kappa shape index (κ3) is 2.56. The SMILES string of the molecule is COc1ccc(-c2noc(C3CC(O)CN3)n2)cc1Br. The van der Waals surface area contributed by atoms with E-state index in [2.05, 4.69) is 31.4 Å². The first kappa shape index (κ1) is 13.5. The van der Waals surface area contributed by atoms with E-state index in [1.165, 1.54) is 0 Å². The molecule has 1 aliphatic heterocycles. The van der Waals surface area contributed by atoms with E-state index in [1.54, 1.807) is 7.11 Å². The van der Waals surface area contributed by atoms with Crippen molar-refractivity contribution >= 4 is 15.9 Å². The number of halogens is 1. The molecule has 0 bridgehead atoms. The van der Waals surface area contributed by atoms with Crippen LogP contribution in [0.3, 0.4) is 0 Å². The van der Waals surface area contributed by atoms with E-state index in [-0.39, 0.29) is 12.1 Å². The first-order valence-corrected chi connectivity index (χ1v) is 7.05. The lowest BCUT2D eigenvalue weighted by Crippen LogP contribution is -2.15. The Kier molecular flexibility index (Phi) is 3.73. The molecule has 2 N–H and O–H groups in total. The summed E-state index contributed by atoms with van der Waals surface area (Å²) in [6, 6.07) is 5.51. The highest BCUT2D eigenvalue weighted by Gasteiger charge is 2.28. The Bertz CT molecular complexity index is 617. The number of aliphatic hydroxyl groups is 1. The highest BCUT2D eigenvalue weighted by molar-refractivity contribution is 9.10. The summed E-state index contributed by atoms with van der Waals surface area (Å²) in [4.78, 5) is 4.38. The number of hydrogen-bond donors (Lipinski definition) is 2. The lowest BCUT2D eigenvalue weighted by atomic mass is 10.2. The molecule has 0 spiro atoms. The number of nitrogens with zero attached hydrogens (tertiary/aromatic N) is 2. The van der Waals surface area contributed by atoms with Crippen molar-refractivity contribution in [3.8, 4) is 17.1 Å². The smallest absolute Gasteiger partial charge is 0.244 e. The summed E-state index contributed by atoms with van der Waals surface area (Å²) in [6.07, 6.45) is 0.235. The standard InChI is InChI=1S/C13H14BrN3O3/c1-19-11-3-2-7(4-9(11)14)12-16-13(20-17-12)10-5-8(18)6-15-10/h2-4,8,10,15,18H,5-6H2,1H3. The fourth-order valence-electron chi connectivity index (χ4n) is 2.20. The van der Waals surface area contributed by atoms with Gasteiger partial charge in [-0.3, -0.25) is 0 Å². The van der Waals surface area contributed by atoms with Gasteiger partial charge in [-0.05, 0) is 40.5 Å². The Morgan fingerprint density at radius 1 is 1.50 bits per heavy atom. The molecular weight excluding hydrogens is 326 g/mol. The molecule has 1 aliphatic rings. The maximum atomic E-state index is 9.51. The summed E-state index contributed by atoms with van der Waals surface area (Å²) in [5, 5.41) is 16.6. The van der Waals surface area contributed by atoms with Crippen molar-refractivity contribution in [1.29, 1.82) is 0 Å². The molecule has 0 radical (unpaired) electrons. The molecule has 0 amide bonds. The van der Waals surface area contributed by atoms with Crippen molar-refractivity contribution in [2.45, 2.75) is 18.6 Å². The summed E-state index contributed by atoms with van der Waals surface area (Å²) in [7, 11) is 1.61. The molecule has 106 valence electrons. The molecule has 3 rings (SSSR count). The topological polar surface area (TPSA) is 80.4 Å². The summed E-state index contributed by atoms with van der Waals surface area (Å²) < 4.78 is 11.3. The Balaban J connectivity index is 1.84. The fourth-order valence-corrected chi connectivity index (χ4v) is 2.75. The molecule has 1 fully saturated rings. The van der Waals surface area contributed by atoms with Crippen LogP contribution in [0.2, 0.25) is 0 Å². The lowest BCUT2D eigenvalue weighted by Gasteiger charge is -2.03. The van der Waals surface area contributed by atoms with Crippen LogP contribution in [0, 0.1) is 0 Å². The van der Waals surface area contributed by atoms with Crippen molar-refractivity contribution in [3.63, 3.8) is 0 Å². The zero-order chi connectivity index (χ0) is 14.1. The highest BCUT2D eigenvalue weighted by atomic mass is 79.9. The lowest BCUT2D eigenvalue weighted by molar-refractivity contribution is 0.191. The van der Waals surface area contributed by atoms with Gasteiger partial charge in [0.25, 0.3) is 0 Å². The molecule has 2 aromatic rings. The molecule has 0 aliphatic carbocycles. The first-order chi connectivity index (χ1) is 9.67. The van der Waals surface area contributed by atoms with Crippen molar-refractivity contribution in [1.82, 2.24) is 15.5 Å². The summed E-state index contributed by atoms with van der Waals surface area (Å²) in [6.45, 7) is 0.552. The third-order valence-corrected chi connectivity index (χ3v) is 3.88. The van der Waals surface area contributed by atoms with E-state index in [0.29, 0.717) is 24.7 Å². The molecule has 2 heterocycles. The predicted octanol–water partition coefficient (Wildman–Crippen LogP) is 1.90. The second-order valence-electron chi connectivity index (χ2n) is 4.66. The molecule has 2 unspecified atom stereocenters. The summed E-state index contributed by atoms with van der Waals surface area (Å²) in [5.74, 6) is 1.77. The number of nitrogens with one attached hydrogen (secondary N) is 1. The molecule has 2 atom stereocenters. The van der Waals surface area contributed by atoms with E-state index in [9.17, 15) is 5.11 Å². The average molecular weight is 340 g/mol. The largest absolute Gasteiger partial charge is 0.496 e. The van der Waals surface area contributed by atoms with Crippen LogP contribution in [0.25, 0.3) is 11.4 Å². The number of hydrogen-bond acceptors (Lipinski definition) is 6. The molecule has 7 heteroatoms. The van der Waals surface area contributed by atoms with Crippen LogP contribution in [0.1, 0.15) is 18.4 Å². The third-order valence-electron chi connectivity index (χ3n) is 3.26. The van der Waals surface area contributed by atoms with Crippen molar-refractivity contribution < 1.29 is 14.4 Å². The van der Waals surface area contributed by atoms with Gasteiger partial charge in [0, 0.05) is 12.1 Å². The summed E-state index contributed by atoms with van der Waals surface area (Å²) in [5.41, 5.74) is 0.839. The minimum absolute atomic E-state index is 0.0760. The fraction of sp³-hybridized carbons (Fsp3) is 0.385. The van der Waals surface area contributed by atoms with Crippen LogP contribution >= 0.6 is 15.9 Å². The van der Waals surface area contributed by atoms with Gasteiger partial charge >= 0.3 is 0 Å². The molecule has 6 nitrogen and oxygen atoms in total. The number of rotatable bonds is 3. The van der Waals surface area contributed by atoms with Gasteiger partial charge in [-0.1, -0.05) is 5.16 Å². The number of methoxy groups -OCH3 is 1. The van der Waals surface area contributed by atoms with E-state index in [4.69, 9.17) is 9.26 Å². The van der Waals surface area contributed by atoms with Gasteiger partial charge in [-0.15, -0.1) is 0 Å². The Hall–Kier alpha value is -1.44. The number of aromatic nitrogens is 2. The van der Waals surface area contributed by atoms with Crippen LogP contribution in [0.15, 0.2) is 27.2 Å². The van der Waals surface area contributed by atoms with Gasteiger partial charge in [-0.25, -0.2) is 0 Å². The predicted molar refractivity (Wildman–Crippen MR) is 75.4 cm³/mol. The second kappa shape index (κ2) is 5.51. The van der Waals surface area contributed by atoms with Crippen molar-refractivity contribution in [2.24, 2.45) is 0 Å². The van der Waals surface area contributed by atoms with Gasteiger partial charge in [0.2, 0.25) is 11.7 Å². The Morgan fingerprint density at radius 2 is 2.35 bits per heavy atom. The van der Waals surface area contributed by atoms with Crippen LogP contribution in [-0.4, -0.2) is 35.0 Å². The monoisotopic (exact) mass is 339 g/mol. The van der Waals surface area contributed by atoms with Crippen LogP contribution in [-0.2, 0) is 0 Å². The molecule has 20 heavy (non-hydrogen) atoms. The van der Waals surface area contributed by atoms with Crippen LogP contribution < -0.4 is 10.1 Å². The maximum Gasteiger partial charge on any atom is 0.244 e. The first-order valence-electron chi connectivity index (χ1n) is 6.26. The average Bonchev–Trinajstić information content (AvgIpc) is 3.07. The molecule has 1 aromatic heterocycles. The number of ether oxygens (including phenoxy) is 1. The molecule has 1 saturated heterocycles. The Morgan fingerprint density at radius 3 is 3.00 bits per heavy atom. The number of benzene rings is 1. The van der Waals surface area contributed by atoms with Gasteiger partial charge in [0.1, 0.15) is 5.75 Å². The van der Waals surface area contributed by atoms with E-state index in [0.717, 1.165) is 15.8 Å². The zero-order valence-corrected chi connectivity index (χ0v) is 12.4. The minimum Gasteiger partial charge on any atom is -0.496 e. The minimum atomic E-state index is -0.356. The van der Waals surface area contributed by atoms with E-state index >= 15 is 0 Å². The quantitative estimate of drug-likeness (QED) is 0.888. The van der Waals surface area contributed by atoms with Gasteiger partial charge < -0.3 is 19.7 Å². The van der Waals surface area contributed by atoms with Crippen molar-refractivity contribution in [2.75, 3.05) is 13.7 Å². The molecule has 1 aromatic carbocycles. The molecule has 0 saturated carbocycles. The molecular formula is C13H14BrN3O3. The van der Waals surface area contributed by atoms with Crippen molar-refractivity contribution in [3.05, 3.63) is 28.6 Å². The number of aliphatic hydroxyl groups excluding tert-OH is 1. The van der Waals surface area contributed by atoms with Gasteiger partial charge in [-0.2, -0.15) is 4.98 Å². The summed E-state index contributed by atoms with van der Waals surface area (Å²) >= 11 is 3.43. The zero-order valence-electron chi connectivity index (χ0n) is 10.8. The van der Waals surface area contributed by atoms with Gasteiger partial charge in [0.05, 0.1) is 23.7 Å². The Labute approximate surface area is 124 Å². The van der Waals surface area contributed by atoms with Crippen LogP contribution in [0.4, 0.5) is 0 Å². The van der Waals surface area contributed by atoms with Gasteiger partial charge in [0.15, 0.2) is 0 Å². The highest BCUT2D eigenvalue weighted by Crippen LogP contribution is 2.30. The van der Waals surface area contributed by atoms with Crippen LogP contribution in [0.5, 0.6) is 5.75 Å². The van der Waals surface area contributed by atoms with E-state index < -0.39 is 0 Å². The maximum absolute atomic E-state index is 9.51.